The fourth-order valence-electron chi connectivity index (χ4n) is 2.06. The molecule has 1 aromatic rings. The minimum atomic E-state index is -0.832. The van der Waals surface area contributed by atoms with Gasteiger partial charge in [0.05, 0.1) is 0 Å². The van der Waals surface area contributed by atoms with Gasteiger partial charge >= 0.3 is 5.97 Å². The molecular weight excluding hydrogens is 266 g/mol. The van der Waals surface area contributed by atoms with Gasteiger partial charge < -0.3 is 10.0 Å². The molecule has 0 unspecified atom stereocenters. The van der Waals surface area contributed by atoms with Gasteiger partial charge in [0.25, 0.3) is 0 Å². The molecule has 1 aromatic carbocycles. The molecule has 0 radical (unpaired) electrons. The molecule has 0 atom stereocenters. The van der Waals surface area contributed by atoms with Crippen molar-refractivity contribution in [3.05, 3.63) is 41.5 Å². The van der Waals surface area contributed by atoms with E-state index >= 15 is 0 Å². The molecule has 0 aliphatic rings. The fraction of sp³-hybridized carbons (Fsp3) is 0.412. The maximum absolute atomic E-state index is 12.2. The molecule has 1 N–H and O–H groups in total. The molecule has 114 valence electrons. The van der Waals surface area contributed by atoms with Gasteiger partial charge in [-0.3, -0.25) is 9.59 Å². The lowest BCUT2D eigenvalue weighted by atomic mass is 10.1. The predicted octanol–water partition coefficient (Wildman–Crippen LogP) is 3.11. The van der Waals surface area contributed by atoms with E-state index in [2.05, 4.69) is 0 Å². The molecule has 0 saturated carbocycles. The highest BCUT2D eigenvalue weighted by molar-refractivity contribution is 5.92. The standard InChI is InChI=1S/C17H23NO3/c1-13(2)18(11-5-8-17(20)21)16(19)10-9-15-7-4-6-14(3)12-15/h4,6-7,9-10,12-13H,5,8,11H2,1-3H3,(H,20,21)/b10-9+. The van der Waals surface area contributed by atoms with E-state index in [-0.39, 0.29) is 18.4 Å². The number of hydrogen-bond acceptors (Lipinski definition) is 2. The highest BCUT2D eigenvalue weighted by Crippen LogP contribution is 2.08. The summed E-state index contributed by atoms with van der Waals surface area (Å²) in [5.41, 5.74) is 2.13. The van der Waals surface area contributed by atoms with Crippen molar-refractivity contribution in [2.45, 2.75) is 39.7 Å². The number of carboxylic acid groups (broad SMARTS) is 1. The zero-order valence-corrected chi connectivity index (χ0v) is 12.9. The molecular formula is C17H23NO3. The Bertz CT molecular complexity index is 521. The Morgan fingerprint density at radius 3 is 2.62 bits per heavy atom. The second kappa shape index (κ2) is 8.25. The molecule has 0 spiro atoms. The molecule has 0 aromatic heterocycles. The summed E-state index contributed by atoms with van der Waals surface area (Å²) < 4.78 is 0. The monoisotopic (exact) mass is 289 g/mol. The minimum Gasteiger partial charge on any atom is -0.481 e. The van der Waals surface area contributed by atoms with Crippen LogP contribution < -0.4 is 0 Å². The second-order valence-electron chi connectivity index (χ2n) is 5.37. The van der Waals surface area contributed by atoms with Crippen LogP contribution in [-0.4, -0.2) is 34.5 Å². The highest BCUT2D eigenvalue weighted by atomic mass is 16.4. The van der Waals surface area contributed by atoms with E-state index in [1.807, 2.05) is 45.0 Å². The number of amides is 1. The van der Waals surface area contributed by atoms with Crippen molar-refractivity contribution in [1.82, 2.24) is 4.90 Å². The first-order valence-corrected chi connectivity index (χ1v) is 7.17. The third-order valence-corrected chi connectivity index (χ3v) is 3.16. The molecule has 1 rings (SSSR count). The summed E-state index contributed by atoms with van der Waals surface area (Å²) in [6.45, 7) is 6.32. The molecule has 0 aliphatic heterocycles. The number of aliphatic carboxylic acids is 1. The first kappa shape index (κ1) is 17.0. The quantitative estimate of drug-likeness (QED) is 0.785. The first-order chi connectivity index (χ1) is 9.90. The zero-order valence-electron chi connectivity index (χ0n) is 12.9. The summed E-state index contributed by atoms with van der Waals surface area (Å²) in [6, 6.07) is 7.96. The zero-order chi connectivity index (χ0) is 15.8. The molecule has 0 aliphatic carbocycles. The predicted molar refractivity (Wildman–Crippen MR) is 83.9 cm³/mol. The maximum Gasteiger partial charge on any atom is 0.303 e. The molecule has 4 heteroatoms. The summed E-state index contributed by atoms with van der Waals surface area (Å²) in [4.78, 5) is 24.4. The normalized spacial score (nSPS) is 11.0. The number of benzene rings is 1. The van der Waals surface area contributed by atoms with Gasteiger partial charge in [-0.15, -0.1) is 0 Å². The van der Waals surface area contributed by atoms with Gasteiger partial charge in [0, 0.05) is 25.1 Å². The SMILES string of the molecule is Cc1cccc(/C=C/C(=O)N(CCCC(=O)O)C(C)C)c1. The highest BCUT2D eigenvalue weighted by Gasteiger charge is 2.14. The second-order valence-corrected chi connectivity index (χ2v) is 5.37. The number of rotatable bonds is 7. The van der Waals surface area contributed by atoms with E-state index in [1.54, 1.807) is 17.1 Å². The number of carbonyl (C=O) groups is 2. The summed E-state index contributed by atoms with van der Waals surface area (Å²) >= 11 is 0. The summed E-state index contributed by atoms with van der Waals surface area (Å²) in [6.07, 6.45) is 3.90. The van der Waals surface area contributed by atoms with E-state index in [1.165, 1.54) is 0 Å². The average Bonchev–Trinajstić information content (AvgIpc) is 2.40. The molecule has 21 heavy (non-hydrogen) atoms. The number of hydrogen-bond donors (Lipinski definition) is 1. The fourth-order valence-corrected chi connectivity index (χ4v) is 2.06. The largest absolute Gasteiger partial charge is 0.481 e. The van der Waals surface area contributed by atoms with Crippen molar-refractivity contribution >= 4 is 18.0 Å². The molecule has 0 saturated heterocycles. The van der Waals surface area contributed by atoms with Gasteiger partial charge in [0.15, 0.2) is 0 Å². The van der Waals surface area contributed by atoms with Gasteiger partial charge in [-0.1, -0.05) is 29.8 Å². The molecule has 0 fully saturated rings. The van der Waals surface area contributed by atoms with Crippen molar-refractivity contribution in [1.29, 1.82) is 0 Å². The Kier molecular flexibility index (Phi) is 6.66. The van der Waals surface area contributed by atoms with Crippen molar-refractivity contribution in [3.8, 4) is 0 Å². The Balaban J connectivity index is 2.66. The van der Waals surface area contributed by atoms with Crippen LogP contribution in [0.1, 0.15) is 37.8 Å². The van der Waals surface area contributed by atoms with Gasteiger partial charge in [0.1, 0.15) is 0 Å². The Morgan fingerprint density at radius 2 is 2.05 bits per heavy atom. The van der Waals surface area contributed by atoms with E-state index in [4.69, 9.17) is 5.11 Å². The lowest BCUT2D eigenvalue weighted by Crippen LogP contribution is -2.36. The summed E-state index contributed by atoms with van der Waals surface area (Å²) in [7, 11) is 0. The Labute approximate surface area is 126 Å². The van der Waals surface area contributed by atoms with Gasteiger partial charge in [-0.25, -0.2) is 0 Å². The number of carboxylic acids is 1. The lowest BCUT2D eigenvalue weighted by molar-refractivity contribution is -0.138. The average molecular weight is 289 g/mol. The lowest BCUT2D eigenvalue weighted by Gasteiger charge is -2.25. The van der Waals surface area contributed by atoms with Gasteiger partial charge in [-0.2, -0.15) is 0 Å². The van der Waals surface area contributed by atoms with Crippen LogP contribution in [0.25, 0.3) is 6.08 Å². The molecule has 4 nitrogen and oxygen atoms in total. The van der Waals surface area contributed by atoms with Gasteiger partial charge in [0.2, 0.25) is 5.91 Å². The topological polar surface area (TPSA) is 57.6 Å². The van der Waals surface area contributed by atoms with Crippen molar-refractivity contribution in [2.24, 2.45) is 0 Å². The van der Waals surface area contributed by atoms with Crippen LogP contribution in [0.3, 0.4) is 0 Å². The van der Waals surface area contributed by atoms with Crippen LogP contribution in [0.4, 0.5) is 0 Å². The third kappa shape index (κ3) is 6.25. The van der Waals surface area contributed by atoms with E-state index in [0.29, 0.717) is 13.0 Å². The van der Waals surface area contributed by atoms with E-state index in [0.717, 1.165) is 11.1 Å². The Hall–Kier alpha value is -2.10. The van der Waals surface area contributed by atoms with Crippen LogP contribution in [0, 0.1) is 6.92 Å². The molecule has 0 heterocycles. The van der Waals surface area contributed by atoms with Crippen LogP contribution in [-0.2, 0) is 9.59 Å². The third-order valence-electron chi connectivity index (χ3n) is 3.16. The van der Waals surface area contributed by atoms with Crippen molar-refractivity contribution < 1.29 is 14.7 Å². The smallest absolute Gasteiger partial charge is 0.303 e. The number of carbonyl (C=O) groups excluding carboxylic acids is 1. The van der Waals surface area contributed by atoms with Crippen molar-refractivity contribution in [2.75, 3.05) is 6.54 Å². The van der Waals surface area contributed by atoms with E-state index in [9.17, 15) is 9.59 Å². The van der Waals surface area contributed by atoms with Crippen LogP contribution in [0.15, 0.2) is 30.3 Å². The van der Waals surface area contributed by atoms with Crippen LogP contribution in [0.2, 0.25) is 0 Å². The molecule has 0 bridgehead atoms. The summed E-state index contributed by atoms with van der Waals surface area (Å²) in [5, 5.41) is 8.66. The van der Waals surface area contributed by atoms with E-state index < -0.39 is 5.97 Å². The first-order valence-electron chi connectivity index (χ1n) is 7.17. The van der Waals surface area contributed by atoms with Crippen LogP contribution in [0.5, 0.6) is 0 Å². The van der Waals surface area contributed by atoms with Crippen LogP contribution >= 0.6 is 0 Å². The minimum absolute atomic E-state index is 0.0495. The summed E-state index contributed by atoms with van der Waals surface area (Å²) in [5.74, 6) is -0.918. The number of aryl methyl sites for hydroxylation is 1. The number of nitrogens with zero attached hydrogens (tertiary/aromatic N) is 1. The van der Waals surface area contributed by atoms with Crippen molar-refractivity contribution in [3.63, 3.8) is 0 Å². The Morgan fingerprint density at radius 1 is 1.33 bits per heavy atom. The molecule has 1 amide bonds. The maximum atomic E-state index is 12.2. The van der Waals surface area contributed by atoms with Gasteiger partial charge in [-0.05, 0) is 38.8 Å².